The number of hydrogen-bond donors (Lipinski definition) is 0. The number of ether oxygens (including phenoxy) is 2. The van der Waals surface area contributed by atoms with Gasteiger partial charge in [0.05, 0.1) is 13.2 Å². The smallest absolute Gasteiger partial charge is 0.323 e. The molecule has 2 aliphatic rings. The van der Waals surface area contributed by atoms with Crippen LogP contribution in [0.1, 0.15) is 52.4 Å². The average molecular weight is 268 g/mol. The van der Waals surface area contributed by atoms with Crippen molar-refractivity contribution < 1.29 is 19.1 Å². The molecule has 2 atom stereocenters. The van der Waals surface area contributed by atoms with Crippen LogP contribution in [-0.2, 0) is 19.1 Å². The number of fused-ring (bicyclic) bond motifs is 2. The van der Waals surface area contributed by atoms with E-state index in [0.717, 1.165) is 19.3 Å². The number of hydrogen-bond acceptors (Lipinski definition) is 4. The van der Waals surface area contributed by atoms with Gasteiger partial charge in [0.1, 0.15) is 0 Å². The highest BCUT2D eigenvalue weighted by atomic mass is 16.6. The quantitative estimate of drug-likeness (QED) is 0.581. The first-order valence-electron chi connectivity index (χ1n) is 7.46. The zero-order valence-corrected chi connectivity index (χ0v) is 11.9. The van der Waals surface area contributed by atoms with Crippen LogP contribution in [0, 0.1) is 17.3 Å². The van der Waals surface area contributed by atoms with E-state index in [1.165, 1.54) is 6.42 Å². The molecule has 4 heteroatoms. The van der Waals surface area contributed by atoms with Crippen LogP contribution in [0.4, 0.5) is 0 Å². The zero-order chi connectivity index (χ0) is 13.9. The summed E-state index contributed by atoms with van der Waals surface area (Å²) in [5.74, 6) is 0.206. The van der Waals surface area contributed by atoms with Crippen molar-refractivity contribution in [1.29, 1.82) is 0 Å². The molecular weight excluding hydrogens is 244 g/mol. The van der Waals surface area contributed by atoms with E-state index in [4.69, 9.17) is 9.47 Å². The first kappa shape index (κ1) is 14.4. The lowest BCUT2D eigenvalue weighted by atomic mass is 9.60. The lowest BCUT2D eigenvalue weighted by Gasteiger charge is -2.43. The van der Waals surface area contributed by atoms with E-state index < -0.39 is 5.41 Å². The van der Waals surface area contributed by atoms with E-state index in [-0.39, 0.29) is 11.9 Å². The highest BCUT2D eigenvalue weighted by Gasteiger charge is 2.54. The third-order valence-corrected chi connectivity index (χ3v) is 4.50. The van der Waals surface area contributed by atoms with Crippen LogP contribution in [0.3, 0.4) is 0 Å². The van der Waals surface area contributed by atoms with Crippen molar-refractivity contribution >= 4 is 11.9 Å². The van der Waals surface area contributed by atoms with Crippen molar-refractivity contribution in [2.45, 2.75) is 52.4 Å². The number of esters is 2. The fourth-order valence-corrected chi connectivity index (χ4v) is 3.80. The average Bonchev–Trinajstić information content (AvgIpc) is 2.38. The summed E-state index contributed by atoms with van der Waals surface area (Å²) in [5, 5.41) is 0. The molecule has 0 aromatic rings. The standard InChI is InChI=1S/C15H24O4/c1-3-18-13(16)15(14(17)19-4-2)9-11-6-5-7-12(8-11)10-15/h11-12H,3-10H2,1-2H3. The first-order valence-corrected chi connectivity index (χ1v) is 7.46. The number of carbonyl (C=O) groups excluding carboxylic acids is 2. The largest absolute Gasteiger partial charge is 0.465 e. The highest BCUT2D eigenvalue weighted by molar-refractivity contribution is 6.00. The number of carbonyl (C=O) groups is 2. The minimum Gasteiger partial charge on any atom is -0.465 e. The number of rotatable bonds is 4. The third-order valence-electron chi connectivity index (χ3n) is 4.50. The fraction of sp³-hybridized carbons (Fsp3) is 0.867. The molecule has 0 aromatic heterocycles. The maximum absolute atomic E-state index is 12.3. The predicted octanol–water partition coefficient (Wildman–Crippen LogP) is 2.70. The monoisotopic (exact) mass is 268 g/mol. The van der Waals surface area contributed by atoms with Crippen LogP contribution in [0.2, 0.25) is 0 Å². The summed E-state index contributed by atoms with van der Waals surface area (Å²) in [5.41, 5.74) is -1.03. The van der Waals surface area contributed by atoms with Crippen LogP contribution >= 0.6 is 0 Å². The summed E-state index contributed by atoms with van der Waals surface area (Å²) in [6, 6.07) is 0. The Morgan fingerprint density at radius 2 is 1.47 bits per heavy atom. The van der Waals surface area contributed by atoms with Gasteiger partial charge in [-0.1, -0.05) is 19.3 Å². The molecule has 0 amide bonds. The van der Waals surface area contributed by atoms with Crippen LogP contribution in [0.5, 0.6) is 0 Å². The molecular formula is C15H24O4. The van der Waals surface area contributed by atoms with Gasteiger partial charge < -0.3 is 9.47 Å². The second-order valence-electron chi connectivity index (χ2n) is 5.83. The van der Waals surface area contributed by atoms with Gasteiger partial charge in [0.2, 0.25) is 0 Å². The van der Waals surface area contributed by atoms with E-state index in [1.54, 1.807) is 13.8 Å². The molecule has 2 saturated carbocycles. The van der Waals surface area contributed by atoms with Gasteiger partial charge in [-0.2, -0.15) is 0 Å². The van der Waals surface area contributed by atoms with Gasteiger partial charge in [-0.3, -0.25) is 9.59 Å². The summed E-state index contributed by atoms with van der Waals surface area (Å²) >= 11 is 0. The minimum atomic E-state index is -1.03. The molecule has 2 unspecified atom stereocenters. The molecule has 0 spiro atoms. The van der Waals surface area contributed by atoms with Crippen molar-refractivity contribution in [3.05, 3.63) is 0 Å². The Kier molecular flexibility index (Phi) is 4.48. The van der Waals surface area contributed by atoms with Gasteiger partial charge in [0.25, 0.3) is 0 Å². The van der Waals surface area contributed by atoms with Gasteiger partial charge in [-0.25, -0.2) is 0 Å². The van der Waals surface area contributed by atoms with Crippen LogP contribution in [0.15, 0.2) is 0 Å². The van der Waals surface area contributed by atoms with Crippen molar-refractivity contribution in [2.24, 2.45) is 17.3 Å². The lowest BCUT2D eigenvalue weighted by molar-refractivity contribution is -0.178. The van der Waals surface area contributed by atoms with Crippen molar-refractivity contribution in [2.75, 3.05) is 13.2 Å². The topological polar surface area (TPSA) is 52.6 Å². The summed E-state index contributed by atoms with van der Waals surface area (Å²) in [4.78, 5) is 24.7. The zero-order valence-electron chi connectivity index (χ0n) is 11.9. The molecule has 0 heterocycles. The van der Waals surface area contributed by atoms with E-state index in [0.29, 0.717) is 37.9 Å². The first-order chi connectivity index (χ1) is 9.12. The lowest BCUT2D eigenvalue weighted by Crippen LogP contribution is -2.48. The van der Waals surface area contributed by atoms with E-state index >= 15 is 0 Å². The summed E-state index contributed by atoms with van der Waals surface area (Å²) in [6.07, 6.45) is 5.84. The van der Waals surface area contributed by atoms with Gasteiger partial charge in [0.15, 0.2) is 5.41 Å². The van der Waals surface area contributed by atoms with E-state index in [1.807, 2.05) is 0 Å². The van der Waals surface area contributed by atoms with Gasteiger partial charge in [0, 0.05) is 0 Å². The second kappa shape index (κ2) is 5.93. The molecule has 0 saturated heterocycles. The fourth-order valence-electron chi connectivity index (χ4n) is 3.80. The van der Waals surface area contributed by atoms with E-state index in [2.05, 4.69) is 0 Å². The maximum Gasteiger partial charge on any atom is 0.323 e. The summed E-state index contributed by atoms with van der Waals surface area (Å²) < 4.78 is 10.4. The van der Waals surface area contributed by atoms with Crippen LogP contribution < -0.4 is 0 Å². The summed E-state index contributed by atoms with van der Waals surface area (Å²) in [6.45, 7) is 4.19. The molecule has 108 valence electrons. The molecule has 0 radical (unpaired) electrons. The molecule has 2 bridgehead atoms. The van der Waals surface area contributed by atoms with Crippen LogP contribution in [0.25, 0.3) is 0 Å². The Bertz CT molecular complexity index is 318. The second-order valence-corrected chi connectivity index (χ2v) is 5.83. The summed E-state index contributed by atoms with van der Waals surface area (Å²) in [7, 11) is 0. The van der Waals surface area contributed by atoms with Crippen LogP contribution in [-0.4, -0.2) is 25.2 Å². The van der Waals surface area contributed by atoms with Crippen molar-refractivity contribution in [3.63, 3.8) is 0 Å². The van der Waals surface area contributed by atoms with Gasteiger partial charge in [-0.15, -0.1) is 0 Å². The molecule has 2 aliphatic carbocycles. The molecule has 4 nitrogen and oxygen atoms in total. The Morgan fingerprint density at radius 3 is 1.89 bits per heavy atom. The molecule has 0 aliphatic heterocycles. The van der Waals surface area contributed by atoms with Crippen molar-refractivity contribution in [3.8, 4) is 0 Å². The maximum atomic E-state index is 12.3. The Hall–Kier alpha value is -1.06. The Labute approximate surface area is 114 Å². The molecule has 2 rings (SSSR count). The Morgan fingerprint density at radius 1 is 1.00 bits per heavy atom. The van der Waals surface area contributed by atoms with Gasteiger partial charge in [-0.05, 0) is 44.9 Å². The minimum absolute atomic E-state index is 0.315. The van der Waals surface area contributed by atoms with Crippen molar-refractivity contribution in [1.82, 2.24) is 0 Å². The molecule has 0 N–H and O–H groups in total. The Balaban J connectivity index is 2.23. The van der Waals surface area contributed by atoms with E-state index in [9.17, 15) is 9.59 Å². The highest BCUT2D eigenvalue weighted by Crippen LogP contribution is 2.50. The predicted molar refractivity (Wildman–Crippen MR) is 70.4 cm³/mol. The third kappa shape index (κ3) is 2.77. The molecule has 0 aromatic carbocycles. The SMILES string of the molecule is CCOC(=O)C1(C(=O)OCC)CC2CCCC(C2)C1. The molecule has 19 heavy (non-hydrogen) atoms. The molecule has 2 fully saturated rings. The van der Waals surface area contributed by atoms with Gasteiger partial charge >= 0.3 is 11.9 Å². The normalized spacial score (nSPS) is 28.5.